The molecule has 0 aromatic carbocycles. The topological polar surface area (TPSA) is 62.2 Å². The van der Waals surface area contributed by atoms with Gasteiger partial charge in [0, 0.05) is 33.3 Å². The zero-order chi connectivity index (χ0) is 17.8. The quantitative estimate of drug-likeness (QED) is 0.852. The van der Waals surface area contributed by atoms with E-state index in [0.717, 1.165) is 38.8 Å². The third-order valence-corrected chi connectivity index (χ3v) is 4.88. The fourth-order valence-electron chi connectivity index (χ4n) is 3.61. The molecule has 0 aliphatic carbocycles. The summed E-state index contributed by atoms with van der Waals surface area (Å²) in [7, 11) is 1.76. The summed E-state index contributed by atoms with van der Waals surface area (Å²) in [5.74, 6) is 0. The second-order valence-corrected chi connectivity index (χ2v) is 8.28. The fourth-order valence-corrected chi connectivity index (χ4v) is 3.61. The van der Waals surface area contributed by atoms with Crippen molar-refractivity contribution in [2.45, 2.75) is 70.2 Å². The molecule has 0 aromatic heterocycles. The molecule has 2 rings (SSSR count). The second-order valence-electron chi connectivity index (χ2n) is 8.28. The van der Waals surface area contributed by atoms with Crippen molar-refractivity contribution in [2.75, 3.05) is 39.8 Å². The summed E-state index contributed by atoms with van der Waals surface area (Å²) >= 11 is 0. The summed E-state index contributed by atoms with van der Waals surface area (Å²) in [6.07, 6.45) is 4.32. The Kier molecular flexibility index (Phi) is 6.51. The molecule has 2 aliphatic rings. The summed E-state index contributed by atoms with van der Waals surface area (Å²) in [4.78, 5) is 16.3. The lowest BCUT2D eigenvalue weighted by molar-refractivity contribution is -0.0374. The van der Waals surface area contributed by atoms with E-state index in [1.807, 2.05) is 20.8 Å². The van der Waals surface area contributed by atoms with Crippen molar-refractivity contribution >= 4 is 6.09 Å². The minimum atomic E-state index is -0.730. The lowest BCUT2D eigenvalue weighted by Gasteiger charge is -2.38. The molecule has 2 fully saturated rings. The molecule has 24 heavy (non-hydrogen) atoms. The lowest BCUT2D eigenvalue weighted by atomic mass is 9.93. The van der Waals surface area contributed by atoms with Crippen LogP contribution in [0.1, 0.15) is 52.9 Å². The first kappa shape index (κ1) is 19.5. The molecule has 0 unspecified atom stereocenters. The maximum absolute atomic E-state index is 12.2. The Morgan fingerprint density at radius 3 is 2.62 bits per heavy atom. The largest absolute Gasteiger partial charge is 0.444 e. The van der Waals surface area contributed by atoms with Crippen molar-refractivity contribution in [3.05, 3.63) is 0 Å². The molecule has 0 bridgehead atoms. The number of hydrogen-bond acceptors (Lipinski definition) is 5. The standard InChI is InChI=1S/C18H34N2O4/c1-17(2,3)24-16(21)20-11-6-8-18(22,9-12-20)14-19-10-5-7-15(13-19)23-4/h15,22H,5-14H2,1-4H3/t15-,18+/m0/s1. The summed E-state index contributed by atoms with van der Waals surface area (Å²) in [6.45, 7) is 9.39. The summed E-state index contributed by atoms with van der Waals surface area (Å²) < 4.78 is 10.9. The highest BCUT2D eigenvalue weighted by Gasteiger charge is 2.35. The maximum atomic E-state index is 12.2. The van der Waals surface area contributed by atoms with E-state index in [2.05, 4.69) is 4.90 Å². The van der Waals surface area contributed by atoms with Crippen LogP contribution < -0.4 is 0 Å². The third-order valence-electron chi connectivity index (χ3n) is 4.88. The minimum absolute atomic E-state index is 0.270. The molecule has 0 aromatic rings. The molecule has 6 heteroatoms. The Bertz CT molecular complexity index is 424. The Balaban J connectivity index is 1.88. The lowest BCUT2D eigenvalue weighted by Crippen LogP contribution is -2.49. The Morgan fingerprint density at radius 2 is 1.96 bits per heavy atom. The van der Waals surface area contributed by atoms with Gasteiger partial charge >= 0.3 is 6.09 Å². The van der Waals surface area contributed by atoms with Crippen molar-refractivity contribution in [1.29, 1.82) is 0 Å². The molecular formula is C18H34N2O4. The van der Waals surface area contributed by atoms with Gasteiger partial charge in [0.15, 0.2) is 0 Å². The summed E-state index contributed by atoms with van der Waals surface area (Å²) in [5, 5.41) is 11.0. The van der Waals surface area contributed by atoms with E-state index in [1.165, 1.54) is 0 Å². The van der Waals surface area contributed by atoms with Crippen LogP contribution >= 0.6 is 0 Å². The number of rotatable bonds is 3. The number of piperidine rings is 1. The molecule has 1 N–H and O–H groups in total. The number of carbonyl (C=O) groups is 1. The highest BCUT2D eigenvalue weighted by molar-refractivity contribution is 5.68. The average Bonchev–Trinajstić information content (AvgIpc) is 2.67. The van der Waals surface area contributed by atoms with Crippen molar-refractivity contribution < 1.29 is 19.4 Å². The van der Waals surface area contributed by atoms with E-state index in [1.54, 1.807) is 12.0 Å². The normalized spacial score (nSPS) is 30.0. The van der Waals surface area contributed by atoms with E-state index < -0.39 is 11.2 Å². The molecule has 140 valence electrons. The van der Waals surface area contributed by atoms with Gasteiger partial charge in [-0.3, -0.25) is 4.90 Å². The van der Waals surface area contributed by atoms with Gasteiger partial charge in [0.25, 0.3) is 0 Å². The number of aliphatic hydroxyl groups is 1. The van der Waals surface area contributed by atoms with Gasteiger partial charge in [-0.1, -0.05) is 0 Å². The zero-order valence-corrected chi connectivity index (χ0v) is 15.7. The van der Waals surface area contributed by atoms with Crippen molar-refractivity contribution in [3.63, 3.8) is 0 Å². The first-order valence-corrected chi connectivity index (χ1v) is 9.16. The van der Waals surface area contributed by atoms with Gasteiger partial charge in [-0.15, -0.1) is 0 Å². The third kappa shape index (κ3) is 5.90. The number of hydrogen-bond donors (Lipinski definition) is 1. The summed E-state index contributed by atoms with van der Waals surface area (Å²) in [6, 6.07) is 0. The number of nitrogens with zero attached hydrogens (tertiary/aromatic N) is 2. The molecule has 2 saturated heterocycles. The van der Waals surface area contributed by atoms with Crippen molar-refractivity contribution in [1.82, 2.24) is 9.80 Å². The predicted octanol–water partition coefficient (Wildman–Crippen LogP) is 2.25. The highest BCUT2D eigenvalue weighted by Crippen LogP contribution is 2.26. The van der Waals surface area contributed by atoms with Crippen LogP contribution in [0.15, 0.2) is 0 Å². The van der Waals surface area contributed by atoms with Crippen LogP contribution in [-0.2, 0) is 9.47 Å². The van der Waals surface area contributed by atoms with Gasteiger partial charge in [0.1, 0.15) is 5.60 Å². The van der Waals surface area contributed by atoms with Crippen LogP contribution in [-0.4, -0.2) is 78.1 Å². The van der Waals surface area contributed by atoms with E-state index in [9.17, 15) is 9.90 Å². The van der Waals surface area contributed by atoms with Crippen LogP contribution in [0.4, 0.5) is 4.79 Å². The van der Waals surface area contributed by atoms with E-state index in [0.29, 0.717) is 26.1 Å². The number of amides is 1. The fraction of sp³-hybridized carbons (Fsp3) is 0.944. The van der Waals surface area contributed by atoms with Gasteiger partial charge in [0.2, 0.25) is 0 Å². The second kappa shape index (κ2) is 8.02. The van der Waals surface area contributed by atoms with Crippen LogP contribution in [0.2, 0.25) is 0 Å². The Labute approximate surface area is 146 Å². The van der Waals surface area contributed by atoms with Crippen LogP contribution in [0.3, 0.4) is 0 Å². The molecule has 2 aliphatic heterocycles. The number of likely N-dealkylation sites (tertiary alicyclic amines) is 2. The van der Waals surface area contributed by atoms with Gasteiger partial charge in [0.05, 0.1) is 11.7 Å². The Hall–Kier alpha value is -0.850. The maximum Gasteiger partial charge on any atom is 0.410 e. The SMILES string of the molecule is CO[C@H]1CCCN(C[C@@]2(O)CCCN(C(=O)OC(C)(C)C)CC2)C1. The highest BCUT2D eigenvalue weighted by atomic mass is 16.6. The minimum Gasteiger partial charge on any atom is -0.444 e. The first-order valence-electron chi connectivity index (χ1n) is 9.16. The molecular weight excluding hydrogens is 308 g/mol. The average molecular weight is 342 g/mol. The van der Waals surface area contributed by atoms with Gasteiger partial charge in [-0.05, 0) is 59.4 Å². The van der Waals surface area contributed by atoms with Crippen molar-refractivity contribution in [3.8, 4) is 0 Å². The van der Waals surface area contributed by atoms with E-state index >= 15 is 0 Å². The van der Waals surface area contributed by atoms with Crippen LogP contribution in [0.25, 0.3) is 0 Å². The number of methoxy groups -OCH3 is 1. The number of carbonyl (C=O) groups excluding carboxylic acids is 1. The number of β-amino-alcohol motifs (C(OH)–C–C–N with tert-alkyl or cyclic N) is 1. The predicted molar refractivity (Wildman–Crippen MR) is 93.1 cm³/mol. The molecule has 0 spiro atoms. The molecule has 0 radical (unpaired) electrons. The van der Waals surface area contributed by atoms with Crippen molar-refractivity contribution in [2.24, 2.45) is 0 Å². The van der Waals surface area contributed by atoms with Crippen LogP contribution in [0.5, 0.6) is 0 Å². The molecule has 2 heterocycles. The van der Waals surface area contributed by atoms with Gasteiger partial charge in [-0.2, -0.15) is 0 Å². The zero-order valence-electron chi connectivity index (χ0n) is 15.7. The van der Waals surface area contributed by atoms with Crippen LogP contribution in [0, 0.1) is 0 Å². The Morgan fingerprint density at radius 1 is 1.21 bits per heavy atom. The molecule has 0 saturated carbocycles. The van der Waals surface area contributed by atoms with Gasteiger partial charge in [-0.25, -0.2) is 4.79 Å². The first-order chi connectivity index (χ1) is 11.2. The summed E-state index contributed by atoms with van der Waals surface area (Å²) in [5.41, 5.74) is -1.21. The molecule has 1 amide bonds. The monoisotopic (exact) mass is 342 g/mol. The number of ether oxygens (including phenoxy) is 2. The van der Waals surface area contributed by atoms with E-state index in [-0.39, 0.29) is 12.2 Å². The molecule has 6 nitrogen and oxygen atoms in total. The van der Waals surface area contributed by atoms with Gasteiger partial charge < -0.3 is 19.5 Å². The van der Waals surface area contributed by atoms with E-state index in [4.69, 9.17) is 9.47 Å². The molecule has 2 atom stereocenters. The smallest absolute Gasteiger partial charge is 0.410 e.